The Morgan fingerprint density at radius 1 is 1.45 bits per heavy atom. The average molecular weight is 296 g/mol. The van der Waals surface area contributed by atoms with Gasteiger partial charge in [0.25, 0.3) is 0 Å². The standard InChI is InChI=1S/C15H22ClN3O/c1-4-12(7-8-20)17-10(2)15-18-13-9-11(16)5-6-14(13)19(15)3/h5-6,9-10,12,17,20H,4,7-8H2,1-3H3. The molecule has 0 aliphatic heterocycles. The second-order valence-electron chi connectivity index (χ2n) is 5.17. The summed E-state index contributed by atoms with van der Waals surface area (Å²) in [6.45, 7) is 4.42. The largest absolute Gasteiger partial charge is 0.396 e. The molecular formula is C15H22ClN3O. The molecule has 0 aliphatic carbocycles. The van der Waals surface area contributed by atoms with Gasteiger partial charge in [-0.15, -0.1) is 0 Å². The van der Waals surface area contributed by atoms with Crippen molar-refractivity contribution < 1.29 is 5.11 Å². The van der Waals surface area contributed by atoms with Crippen molar-refractivity contribution in [1.82, 2.24) is 14.9 Å². The monoisotopic (exact) mass is 295 g/mol. The van der Waals surface area contributed by atoms with Crippen molar-refractivity contribution in [3.8, 4) is 0 Å². The lowest BCUT2D eigenvalue weighted by Gasteiger charge is -2.21. The second kappa shape index (κ2) is 6.57. The van der Waals surface area contributed by atoms with Gasteiger partial charge >= 0.3 is 0 Å². The molecule has 5 heteroatoms. The summed E-state index contributed by atoms with van der Waals surface area (Å²) in [7, 11) is 2.02. The van der Waals surface area contributed by atoms with Crippen LogP contribution in [0.5, 0.6) is 0 Å². The molecule has 2 atom stereocenters. The van der Waals surface area contributed by atoms with E-state index in [1.807, 2.05) is 25.2 Å². The quantitative estimate of drug-likeness (QED) is 0.861. The highest BCUT2D eigenvalue weighted by Crippen LogP contribution is 2.23. The molecule has 0 radical (unpaired) electrons. The molecule has 110 valence electrons. The maximum atomic E-state index is 9.08. The maximum absolute atomic E-state index is 9.08. The molecule has 0 saturated heterocycles. The molecule has 20 heavy (non-hydrogen) atoms. The van der Waals surface area contributed by atoms with Crippen molar-refractivity contribution in [1.29, 1.82) is 0 Å². The first kappa shape index (κ1) is 15.3. The van der Waals surface area contributed by atoms with E-state index in [0.717, 1.165) is 29.7 Å². The molecule has 2 N–H and O–H groups in total. The molecule has 0 aliphatic rings. The fraction of sp³-hybridized carbons (Fsp3) is 0.533. The predicted molar refractivity (Wildman–Crippen MR) is 83.1 cm³/mol. The van der Waals surface area contributed by atoms with Crippen LogP contribution in [0.4, 0.5) is 0 Å². The first-order valence-corrected chi connectivity index (χ1v) is 7.43. The van der Waals surface area contributed by atoms with Gasteiger partial charge in [-0.1, -0.05) is 18.5 Å². The van der Waals surface area contributed by atoms with E-state index in [-0.39, 0.29) is 12.6 Å². The number of halogens is 1. The Bertz CT molecular complexity index is 582. The minimum atomic E-state index is 0.127. The van der Waals surface area contributed by atoms with Crippen molar-refractivity contribution in [2.24, 2.45) is 7.05 Å². The Kier molecular flexibility index (Phi) is 5.02. The van der Waals surface area contributed by atoms with Gasteiger partial charge in [-0.25, -0.2) is 4.98 Å². The van der Waals surface area contributed by atoms with E-state index >= 15 is 0 Å². The summed E-state index contributed by atoms with van der Waals surface area (Å²) in [4.78, 5) is 4.67. The van der Waals surface area contributed by atoms with Gasteiger partial charge in [0.2, 0.25) is 0 Å². The van der Waals surface area contributed by atoms with Gasteiger partial charge in [-0.2, -0.15) is 0 Å². The molecule has 2 rings (SSSR count). The Morgan fingerprint density at radius 3 is 2.85 bits per heavy atom. The van der Waals surface area contributed by atoms with Crippen LogP contribution >= 0.6 is 11.6 Å². The van der Waals surface area contributed by atoms with E-state index < -0.39 is 0 Å². The van der Waals surface area contributed by atoms with Gasteiger partial charge in [-0.3, -0.25) is 0 Å². The Balaban J connectivity index is 2.25. The Labute approximate surface area is 124 Å². The van der Waals surface area contributed by atoms with E-state index in [2.05, 4.69) is 28.7 Å². The number of rotatable bonds is 6. The number of imidazole rings is 1. The predicted octanol–water partition coefficient (Wildman–Crippen LogP) is 3.04. The number of aliphatic hydroxyl groups is 1. The van der Waals surface area contributed by atoms with Crippen LogP contribution in [-0.4, -0.2) is 27.3 Å². The van der Waals surface area contributed by atoms with Crippen molar-refractivity contribution in [2.75, 3.05) is 6.61 Å². The molecule has 0 bridgehead atoms. The van der Waals surface area contributed by atoms with Crippen LogP contribution in [0.3, 0.4) is 0 Å². The molecule has 0 saturated carbocycles. The lowest BCUT2D eigenvalue weighted by atomic mass is 10.1. The SMILES string of the molecule is CCC(CCO)NC(C)c1nc2cc(Cl)ccc2n1C. The molecule has 0 amide bonds. The van der Waals surface area contributed by atoms with Gasteiger partial charge in [0.1, 0.15) is 5.82 Å². The molecule has 0 spiro atoms. The topological polar surface area (TPSA) is 50.1 Å². The van der Waals surface area contributed by atoms with Crippen LogP contribution < -0.4 is 5.32 Å². The second-order valence-corrected chi connectivity index (χ2v) is 5.60. The fourth-order valence-corrected chi connectivity index (χ4v) is 2.73. The lowest BCUT2D eigenvalue weighted by Crippen LogP contribution is -2.33. The number of hydrogen-bond donors (Lipinski definition) is 2. The summed E-state index contributed by atoms with van der Waals surface area (Å²) in [5.41, 5.74) is 1.99. The summed E-state index contributed by atoms with van der Waals surface area (Å²) >= 11 is 6.02. The molecule has 0 fully saturated rings. The molecule has 4 nitrogen and oxygen atoms in total. The summed E-state index contributed by atoms with van der Waals surface area (Å²) in [5, 5.41) is 13.3. The van der Waals surface area contributed by atoms with E-state index in [4.69, 9.17) is 16.7 Å². The first-order valence-electron chi connectivity index (χ1n) is 7.05. The normalized spacial score (nSPS) is 14.7. The number of benzene rings is 1. The molecule has 2 unspecified atom stereocenters. The number of nitrogens with one attached hydrogen (secondary N) is 1. The molecule has 1 heterocycles. The highest BCUT2D eigenvalue weighted by atomic mass is 35.5. The van der Waals surface area contributed by atoms with Crippen molar-refractivity contribution >= 4 is 22.6 Å². The van der Waals surface area contributed by atoms with Gasteiger partial charge in [0, 0.05) is 24.7 Å². The van der Waals surface area contributed by atoms with Gasteiger partial charge < -0.3 is 15.0 Å². The summed E-state index contributed by atoms with van der Waals surface area (Å²) in [6, 6.07) is 6.19. The summed E-state index contributed by atoms with van der Waals surface area (Å²) in [6.07, 6.45) is 1.75. The fourth-order valence-electron chi connectivity index (χ4n) is 2.57. The minimum absolute atomic E-state index is 0.127. The first-order chi connectivity index (χ1) is 9.56. The number of nitrogens with zero attached hydrogens (tertiary/aromatic N) is 2. The van der Waals surface area contributed by atoms with E-state index in [1.54, 1.807) is 0 Å². The van der Waals surface area contributed by atoms with Crippen LogP contribution in [0, 0.1) is 0 Å². The zero-order chi connectivity index (χ0) is 14.7. The third kappa shape index (κ3) is 3.14. The van der Waals surface area contributed by atoms with Crippen molar-refractivity contribution in [3.63, 3.8) is 0 Å². The number of aliphatic hydroxyl groups excluding tert-OH is 1. The number of aromatic nitrogens is 2. The van der Waals surface area contributed by atoms with E-state index in [1.165, 1.54) is 0 Å². The van der Waals surface area contributed by atoms with Gasteiger partial charge in [0.05, 0.1) is 17.1 Å². The van der Waals surface area contributed by atoms with E-state index in [0.29, 0.717) is 11.1 Å². The zero-order valence-electron chi connectivity index (χ0n) is 12.2. The van der Waals surface area contributed by atoms with E-state index in [9.17, 15) is 0 Å². The molecule has 1 aromatic heterocycles. The van der Waals surface area contributed by atoms with Gasteiger partial charge in [0.15, 0.2) is 0 Å². The number of hydrogen-bond acceptors (Lipinski definition) is 3. The number of fused-ring (bicyclic) bond motifs is 1. The van der Waals surface area contributed by atoms with Crippen LogP contribution in [0.2, 0.25) is 5.02 Å². The Morgan fingerprint density at radius 2 is 2.20 bits per heavy atom. The molecule has 1 aromatic carbocycles. The van der Waals surface area contributed by atoms with Crippen LogP contribution in [0.1, 0.15) is 38.6 Å². The van der Waals surface area contributed by atoms with Crippen molar-refractivity contribution in [2.45, 2.75) is 38.8 Å². The zero-order valence-corrected chi connectivity index (χ0v) is 13.0. The van der Waals surface area contributed by atoms with Crippen LogP contribution in [0.25, 0.3) is 11.0 Å². The van der Waals surface area contributed by atoms with Gasteiger partial charge in [-0.05, 0) is 38.0 Å². The average Bonchev–Trinajstić information content (AvgIpc) is 2.74. The molecular weight excluding hydrogens is 274 g/mol. The minimum Gasteiger partial charge on any atom is -0.396 e. The maximum Gasteiger partial charge on any atom is 0.126 e. The third-order valence-electron chi connectivity index (χ3n) is 3.72. The number of aryl methyl sites for hydroxylation is 1. The molecule has 2 aromatic rings. The summed E-state index contributed by atoms with van der Waals surface area (Å²) in [5.74, 6) is 0.985. The van der Waals surface area contributed by atoms with Crippen molar-refractivity contribution in [3.05, 3.63) is 29.0 Å². The smallest absolute Gasteiger partial charge is 0.126 e. The highest BCUT2D eigenvalue weighted by molar-refractivity contribution is 6.31. The van der Waals surface area contributed by atoms with Crippen LogP contribution in [0.15, 0.2) is 18.2 Å². The Hall–Kier alpha value is -1.10. The van der Waals surface area contributed by atoms with Crippen LogP contribution in [-0.2, 0) is 7.05 Å². The third-order valence-corrected chi connectivity index (χ3v) is 3.96. The summed E-state index contributed by atoms with van der Waals surface area (Å²) < 4.78 is 2.09. The highest BCUT2D eigenvalue weighted by Gasteiger charge is 2.17. The lowest BCUT2D eigenvalue weighted by molar-refractivity contribution is 0.255.